The first kappa shape index (κ1) is 22.8. The van der Waals surface area contributed by atoms with Crippen LogP contribution in [0.5, 0.6) is 0 Å². The van der Waals surface area contributed by atoms with E-state index >= 15 is 0 Å². The lowest BCUT2D eigenvalue weighted by atomic mass is 9.94. The fourth-order valence-electron chi connectivity index (χ4n) is 2.84. The molecule has 1 aliphatic rings. The van der Waals surface area contributed by atoms with Crippen LogP contribution in [0.2, 0.25) is 0 Å². The van der Waals surface area contributed by atoms with Gasteiger partial charge in [-0.3, -0.25) is 23.6 Å². The molecule has 1 aliphatic heterocycles. The van der Waals surface area contributed by atoms with Crippen molar-refractivity contribution in [2.45, 2.75) is 25.7 Å². The van der Waals surface area contributed by atoms with Gasteiger partial charge in [-0.1, -0.05) is 11.2 Å². The third-order valence-corrected chi connectivity index (χ3v) is 5.97. The van der Waals surface area contributed by atoms with Crippen molar-refractivity contribution in [1.29, 1.82) is 0 Å². The van der Waals surface area contributed by atoms with Crippen LogP contribution in [-0.2, 0) is 29.8 Å². The Kier molecular flexibility index (Phi) is 6.37. The quantitative estimate of drug-likeness (QED) is 0.300. The van der Waals surface area contributed by atoms with Crippen LogP contribution >= 0.6 is 0 Å². The summed E-state index contributed by atoms with van der Waals surface area (Å²) in [7, 11) is -9.13. The minimum Gasteiger partial charge on any atom is -0.286 e. The number of benzene rings is 1. The standard InChI is InChI=1S/C16H19N3O8S2/c1-4-19-15(20)11(8-28(22,23)24)10(3)14(16(19)21)18-17-12-7-9(2)5-6-13(12)29(25,26)27/h5-7,11H,4,8H2,1-3H3,(H,22,23,24)(H,25,26,27)/p+1. The monoisotopic (exact) mass is 446 g/mol. The van der Waals surface area contributed by atoms with Gasteiger partial charge in [0.2, 0.25) is 5.91 Å². The number of nitrogens with zero attached hydrogens (tertiary/aromatic N) is 2. The smallest absolute Gasteiger partial charge is 0.286 e. The Morgan fingerprint density at radius 3 is 2.28 bits per heavy atom. The highest BCUT2D eigenvalue weighted by Gasteiger charge is 2.43. The number of carbonyl (C=O) groups excluding carboxylic acids is 2. The van der Waals surface area contributed by atoms with Crippen molar-refractivity contribution < 1.29 is 40.6 Å². The summed E-state index contributed by atoms with van der Waals surface area (Å²) in [6.45, 7) is 4.44. The van der Waals surface area contributed by atoms with E-state index in [2.05, 4.69) is 10.2 Å². The van der Waals surface area contributed by atoms with Gasteiger partial charge in [-0.15, -0.1) is 0 Å². The number of amides is 2. The zero-order valence-corrected chi connectivity index (χ0v) is 17.4. The van der Waals surface area contributed by atoms with Crippen LogP contribution in [0.25, 0.3) is 0 Å². The Morgan fingerprint density at radius 2 is 1.76 bits per heavy atom. The van der Waals surface area contributed by atoms with E-state index in [1.165, 1.54) is 26.0 Å². The van der Waals surface area contributed by atoms with Gasteiger partial charge in [-0.2, -0.15) is 16.8 Å². The molecule has 0 saturated heterocycles. The highest BCUT2D eigenvalue weighted by Crippen LogP contribution is 2.26. The number of likely N-dealkylation sites (N-methyl/N-ethyl adjacent to an activating group) is 1. The summed E-state index contributed by atoms with van der Waals surface area (Å²) in [6, 6.07) is 3.92. The number of rotatable bonds is 6. The molecule has 0 saturated carbocycles. The van der Waals surface area contributed by atoms with E-state index in [1.807, 2.05) is 0 Å². The lowest BCUT2D eigenvalue weighted by Crippen LogP contribution is -2.70. The first-order valence-electron chi connectivity index (χ1n) is 8.32. The van der Waals surface area contributed by atoms with Crippen LogP contribution in [-0.4, -0.2) is 55.0 Å². The van der Waals surface area contributed by atoms with Crippen molar-refractivity contribution in [3.8, 4) is 0 Å². The molecule has 1 atom stereocenters. The number of hydrogen-bond donors (Lipinski definition) is 3. The first-order valence-corrected chi connectivity index (χ1v) is 11.4. The van der Waals surface area contributed by atoms with Crippen molar-refractivity contribution >= 4 is 37.7 Å². The molecule has 158 valence electrons. The number of aryl methyl sites for hydroxylation is 1. The van der Waals surface area contributed by atoms with Gasteiger partial charge in [0, 0.05) is 12.1 Å². The summed E-state index contributed by atoms with van der Waals surface area (Å²) < 4.78 is 64.1. The normalized spacial score (nSPS) is 18.8. The molecule has 1 aromatic rings. The molecular formula is C16H20N3O8S2+. The van der Waals surface area contributed by atoms with Crippen molar-refractivity contribution in [1.82, 2.24) is 4.90 Å². The van der Waals surface area contributed by atoms with Crippen molar-refractivity contribution in [3.05, 3.63) is 35.0 Å². The van der Waals surface area contributed by atoms with E-state index in [0.29, 0.717) is 5.56 Å². The molecule has 0 bridgehead atoms. The topological polar surface area (TPSA) is 172 Å². The molecule has 29 heavy (non-hydrogen) atoms. The zero-order chi connectivity index (χ0) is 22.1. The lowest BCUT2D eigenvalue weighted by Gasteiger charge is -2.27. The maximum Gasteiger partial charge on any atom is 0.327 e. The molecule has 2 amide bonds. The van der Waals surface area contributed by atoms with Crippen molar-refractivity contribution in [3.63, 3.8) is 0 Å². The van der Waals surface area contributed by atoms with E-state index in [4.69, 9.17) is 4.55 Å². The summed E-state index contributed by atoms with van der Waals surface area (Å²) in [5.74, 6) is -3.81. The van der Waals surface area contributed by atoms with E-state index < -0.39 is 48.6 Å². The van der Waals surface area contributed by atoms with E-state index in [9.17, 15) is 31.0 Å². The molecule has 13 heteroatoms. The van der Waals surface area contributed by atoms with E-state index in [-0.39, 0.29) is 23.5 Å². The fourth-order valence-corrected chi connectivity index (χ4v) is 4.27. The Morgan fingerprint density at radius 1 is 1.14 bits per heavy atom. The molecular weight excluding hydrogens is 426 g/mol. The molecule has 2 rings (SSSR count). The molecule has 1 unspecified atom stereocenters. The average molecular weight is 446 g/mol. The van der Waals surface area contributed by atoms with Gasteiger partial charge in [0.05, 0.1) is 11.7 Å². The number of carbonyl (C=O) groups is 2. The van der Waals surface area contributed by atoms with E-state index in [1.54, 1.807) is 6.92 Å². The predicted octanol–water partition coefficient (Wildman–Crippen LogP) is -0.427. The van der Waals surface area contributed by atoms with Crippen LogP contribution in [0, 0.1) is 12.8 Å². The molecule has 0 aliphatic carbocycles. The van der Waals surface area contributed by atoms with Crippen molar-refractivity contribution in [2.75, 3.05) is 12.3 Å². The highest BCUT2D eigenvalue weighted by molar-refractivity contribution is 7.86. The minimum atomic E-state index is -4.60. The minimum absolute atomic E-state index is 0.0205. The predicted molar refractivity (Wildman–Crippen MR) is 99.0 cm³/mol. The molecule has 3 N–H and O–H groups in total. The second kappa shape index (κ2) is 8.10. The third-order valence-electron chi connectivity index (χ3n) is 4.31. The van der Waals surface area contributed by atoms with Crippen molar-refractivity contribution in [2.24, 2.45) is 11.0 Å². The summed E-state index contributed by atoms with van der Waals surface area (Å²) >= 11 is 0. The Hall–Kier alpha value is -2.48. The highest BCUT2D eigenvalue weighted by atomic mass is 32.2. The van der Waals surface area contributed by atoms with Gasteiger partial charge < -0.3 is 0 Å². The number of azo groups is 1. The number of hydrogen-bond acceptors (Lipinski definition) is 7. The van der Waals surface area contributed by atoms with Crippen LogP contribution in [0.4, 0.5) is 5.69 Å². The Labute approximate surface area is 167 Å². The summed E-state index contributed by atoms with van der Waals surface area (Å²) in [6.07, 6.45) is 0. The Balaban J connectivity index is 2.61. The number of nitrogens with one attached hydrogen (secondary N) is 1. The Bertz CT molecular complexity index is 1140. The summed E-state index contributed by atoms with van der Waals surface area (Å²) in [4.78, 5) is 25.3. The second-order valence-corrected chi connectivity index (χ2v) is 9.30. The van der Waals surface area contributed by atoms with Gasteiger partial charge in [0.1, 0.15) is 4.90 Å². The van der Waals surface area contributed by atoms with Crippen LogP contribution in [0.15, 0.2) is 39.5 Å². The first-order chi connectivity index (χ1) is 13.3. The maximum atomic E-state index is 12.6. The molecule has 1 aromatic carbocycles. The third kappa shape index (κ3) is 5.12. The SMILES string of the molecule is CCN1C(=O)C([NH+]=Nc2cc(C)ccc2S(=O)(=O)O)=C(C)C(CS(=O)(=O)O)C1=O. The molecule has 0 aromatic heterocycles. The van der Waals surface area contributed by atoms with E-state index in [0.717, 1.165) is 11.0 Å². The molecule has 1 heterocycles. The average Bonchev–Trinajstić information content (AvgIpc) is 2.57. The van der Waals surface area contributed by atoms with Gasteiger partial charge in [-0.05, 0) is 43.6 Å². The van der Waals surface area contributed by atoms with Gasteiger partial charge >= 0.3 is 5.91 Å². The van der Waals surface area contributed by atoms with Gasteiger partial charge in [0.25, 0.3) is 25.9 Å². The molecule has 11 nitrogen and oxygen atoms in total. The van der Waals surface area contributed by atoms with Gasteiger partial charge in [-0.25, -0.2) is 0 Å². The molecule has 0 radical (unpaired) electrons. The number of imide groups is 1. The van der Waals surface area contributed by atoms with Crippen LogP contribution in [0.1, 0.15) is 19.4 Å². The largest absolute Gasteiger partial charge is 0.327 e. The maximum absolute atomic E-state index is 12.6. The summed E-state index contributed by atoms with van der Waals surface area (Å²) in [5, 5.41) is 6.25. The molecule has 0 spiro atoms. The fraction of sp³-hybridized carbons (Fsp3) is 0.375. The molecule has 0 fully saturated rings. The van der Waals surface area contributed by atoms with Gasteiger partial charge in [0.15, 0.2) is 5.69 Å². The van der Waals surface area contributed by atoms with Crippen LogP contribution in [0.3, 0.4) is 0 Å². The second-order valence-electron chi connectivity index (χ2n) is 6.42. The van der Waals surface area contributed by atoms with Crippen LogP contribution < -0.4 is 5.11 Å². The zero-order valence-electron chi connectivity index (χ0n) is 15.8. The lowest BCUT2D eigenvalue weighted by molar-refractivity contribution is -0.469. The summed E-state index contributed by atoms with van der Waals surface area (Å²) in [5.41, 5.74) is 0.218.